The minimum absolute atomic E-state index is 0.276. The fourth-order valence-corrected chi connectivity index (χ4v) is 3.74. The molecule has 0 bridgehead atoms. The smallest absolute Gasteiger partial charge is 0.119 e. The van der Waals surface area contributed by atoms with Crippen molar-refractivity contribution in [2.75, 3.05) is 33.3 Å². The zero-order valence-electron chi connectivity index (χ0n) is 13.6. The van der Waals surface area contributed by atoms with Crippen molar-refractivity contribution >= 4 is 0 Å². The van der Waals surface area contributed by atoms with E-state index in [9.17, 15) is 5.11 Å². The quantitative estimate of drug-likeness (QED) is 0.845. The van der Waals surface area contributed by atoms with E-state index in [1.165, 1.54) is 30.4 Å². The molecule has 1 aliphatic heterocycles. The topological polar surface area (TPSA) is 44.7 Å². The van der Waals surface area contributed by atoms with Crippen LogP contribution in [0.15, 0.2) is 18.2 Å². The number of nitrogens with one attached hydrogen (secondary N) is 1. The number of fused-ring (bicyclic) bond motifs is 1. The summed E-state index contributed by atoms with van der Waals surface area (Å²) in [5.41, 5.74) is 2.76. The van der Waals surface area contributed by atoms with Crippen molar-refractivity contribution in [2.24, 2.45) is 0 Å². The van der Waals surface area contributed by atoms with E-state index in [-0.39, 0.29) is 6.10 Å². The number of aliphatic hydroxyl groups is 1. The molecule has 4 heteroatoms. The van der Waals surface area contributed by atoms with Crippen LogP contribution in [0.1, 0.15) is 42.9 Å². The van der Waals surface area contributed by atoms with Gasteiger partial charge in [-0.2, -0.15) is 0 Å². The minimum atomic E-state index is -0.276. The molecule has 1 aromatic carbocycles. The summed E-state index contributed by atoms with van der Waals surface area (Å²) in [6, 6.07) is 6.74. The third-order valence-electron chi connectivity index (χ3n) is 4.93. The molecule has 1 aromatic rings. The summed E-state index contributed by atoms with van der Waals surface area (Å²) in [5, 5.41) is 13.8. The van der Waals surface area contributed by atoms with Gasteiger partial charge in [-0.15, -0.1) is 0 Å². The number of β-amino-alcohol motifs (C(OH)–C–C–N with tert-alkyl or cyclic N) is 1. The van der Waals surface area contributed by atoms with Crippen molar-refractivity contribution in [1.29, 1.82) is 0 Å². The second kappa shape index (κ2) is 7.44. The fourth-order valence-electron chi connectivity index (χ4n) is 3.74. The molecule has 3 rings (SSSR count). The third kappa shape index (κ3) is 3.80. The summed E-state index contributed by atoms with van der Waals surface area (Å²) in [7, 11) is 1.72. The number of hydrogen-bond donors (Lipinski definition) is 2. The molecule has 0 radical (unpaired) electrons. The van der Waals surface area contributed by atoms with Crippen LogP contribution < -0.4 is 10.1 Å². The molecule has 22 heavy (non-hydrogen) atoms. The number of hydrogen-bond acceptors (Lipinski definition) is 4. The highest BCUT2D eigenvalue weighted by atomic mass is 16.5. The van der Waals surface area contributed by atoms with Crippen LogP contribution in [0.5, 0.6) is 5.75 Å². The second-order valence-corrected chi connectivity index (χ2v) is 6.58. The first kappa shape index (κ1) is 15.8. The largest absolute Gasteiger partial charge is 0.497 e. The zero-order valence-corrected chi connectivity index (χ0v) is 13.6. The van der Waals surface area contributed by atoms with E-state index in [4.69, 9.17) is 4.74 Å². The first-order valence-electron chi connectivity index (χ1n) is 8.57. The van der Waals surface area contributed by atoms with Gasteiger partial charge in [0.25, 0.3) is 0 Å². The van der Waals surface area contributed by atoms with Gasteiger partial charge in [-0.3, -0.25) is 0 Å². The molecule has 0 amide bonds. The number of aliphatic hydroxyl groups excluding tert-OH is 1. The Balaban J connectivity index is 1.55. The number of methoxy groups -OCH3 is 1. The standard InChI is InChI=1S/C18H28N2O2/c1-22-16-7-8-17-14(11-16)5-4-6-18(17)19-12-15(21)13-20-9-2-3-10-20/h7-8,11,15,18-19,21H,2-6,9-10,12-13H2,1H3. The van der Waals surface area contributed by atoms with Gasteiger partial charge in [0.1, 0.15) is 5.75 Å². The SMILES string of the molecule is COc1ccc2c(c1)CCCC2NCC(O)CN1CCCC1. The highest BCUT2D eigenvalue weighted by molar-refractivity contribution is 5.39. The molecule has 0 spiro atoms. The highest BCUT2D eigenvalue weighted by Crippen LogP contribution is 2.32. The number of likely N-dealkylation sites (tertiary alicyclic amines) is 1. The summed E-state index contributed by atoms with van der Waals surface area (Å²) in [6.07, 6.45) is 5.74. The van der Waals surface area contributed by atoms with Crippen LogP contribution in [0.2, 0.25) is 0 Å². The number of rotatable bonds is 6. The second-order valence-electron chi connectivity index (χ2n) is 6.58. The maximum Gasteiger partial charge on any atom is 0.119 e. The molecule has 2 unspecified atom stereocenters. The van der Waals surface area contributed by atoms with Gasteiger partial charge in [-0.1, -0.05) is 6.07 Å². The monoisotopic (exact) mass is 304 g/mol. The Morgan fingerprint density at radius 3 is 2.91 bits per heavy atom. The van der Waals surface area contributed by atoms with E-state index >= 15 is 0 Å². The molecule has 4 nitrogen and oxygen atoms in total. The first-order chi connectivity index (χ1) is 10.8. The van der Waals surface area contributed by atoms with Gasteiger partial charge >= 0.3 is 0 Å². The van der Waals surface area contributed by atoms with Crippen molar-refractivity contribution in [3.8, 4) is 5.75 Å². The van der Waals surface area contributed by atoms with Crippen LogP contribution >= 0.6 is 0 Å². The Kier molecular flexibility index (Phi) is 5.34. The van der Waals surface area contributed by atoms with Crippen molar-refractivity contribution < 1.29 is 9.84 Å². The summed E-state index contributed by atoms with van der Waals surface area (Å²) >= 11 is 0. The Bertz CT molecular complexity index is 486. The Labute approximate surface area is 133 Å². The van der Waals surface area contributed by atoms with Gasteiger partial charge in [-0.05, 0) is 68.5 Å². The molecule has 0 saturated carbocycles. The van der Waals surface area contributed by atoms with Gasteiger partial charge < -0.3 is 20.1 Å². The molecule has 1 aliphatic carbocycles. The lowest BCUT2D eigenvalue weighted by molar-refractivity contribution is 0.119. The third-order valence-corrected chi connectivity index (χ3v) is 4.93. The van der Waals surface area contributed by atoms with Gasteiger partial charge in [-0.25, -0.2) is 0 Å². The maximum atomic E-state index is 10.2. The Hall–Kier alpha value is -1.10. The van der Waals surface area contributed by atoms with Crippen LogP contribution in [0.4, 0.5) is 0 Å². The van der Waals surface area contributed by atoms with Crippen LogP contribution in [-0.4, -0.2) is 49.4 Å². The molecule has 1 fully saturated rings. The molecule has 2 N–H and O–H groups in total. The van der Waals surface area contributed by atoms with Crippen molar-refractivity contribution in [1.82, 2.24) is 10.2 Å². The molecular formula is C18H28N2O2. The molecule has 122 valence electrons. The predicted octanol–water partition coefficient (Wildman–Crippen LogP) is 2.12. The molecule has 2 atom stereocenters. The van der Waals surface area contributed by atoms with Crippen LogP contribution in [-0.2, 0) is 6.42 Å². The molecular weight excluding hydrogens is 276 g/mol. The molecule has 0 aromatic heterocycles. The minimum Gasteiger partial charge on any atom is -0.497 e. The van der Waals surface area contributed by atoms with Crippen LogP contribution in [0.25, 0.3) is 0 Å². The van der Waals surface area contributed by atoms with E-state index < -0.39 is 0 Å². The van der Waals surface area contributed by atoms with Crippen molar-refractivity contribution in [3.63, 3.8) is 0 Å². The summed E-state index contributed by atoms with van der Waals surface area (Å²) in [5.74, 6) is 0.938. The number of nitrogens with zero attached hydrogens (tertiary/aromatic N) is 1. The molecule has 2 aliphatic rings. The lowest BCUT2D eigenvalue weighted by atomic mass is 9.87. The molecule has 1 saturated heterocycles. The van der Waals surface area contributed by atoms with E-state index in [0.29, 0.717) is 12.6 Å². The van der Waals surface area contributed by atoms with Crippen molar-refractivity contribution in [3.05, 3.63) is 29.3 Å². The van der Waals surface area contributed by atoms with E-state index in [0.717, 1.165) is 38.2 Å². The lowest BCUT2D eigenvalue weighted by Gasteiger charge is -2.28. The average Bonchev–Trinajstić information content (AvgIpc) is 3.05. The number of aryl methyl sites for hydroxylation is 1. The predicted molar refractivity (Wildman–Crippen MR) is 88.4 cm³/mol. The Morgan fingerprint density at radius 1 is 1.32 bits per heavy atom. The van der Waals surface area contributed by atoms with Gasteiger partial charge in [0.2, 0.25) is 0 Å². The van der Waals surface area contributed by atoms with Crippen LogP contribution in [0.3, 0.4) is 0 Å². The van der Waals surface area contributed by atoms with Gasteiger partial charge in [0.05, 0.1) is 13.2 Å². The number of ether oxygens (including phenoxy) is 1. The van der Waals surface area contributed by atoms with Gasteiger partial charge in [0.15, 0.2) is 0 Å². The molecule has 1 heterocycles. The normalized spacial score (nSPS) is 23.3. The van der Waals surface area contributed by atoms with E-state index in [2.05, 4.69) is 22.3 Å². The lowest BCUT2D eigenvalue weighted by Crippen LogP contribution is -2.39. The summed E-state index contributed by atoms with van der Waals surface area (Å²) in [6.45, 7) is 3.76. The van der Waals surface area contributed by atoms with Crippen LogP contribution in [0, 0.1) is 0 Å². The van der Waals surface area contributed by atoms with Crippen molar-refractivity contribution in [2.45, 2.75) is 44.2 Å². The Morgan fingerprint density at radius 2 is 2.14 bits per heavy atom. The first-order valence-corrected chi connectivity index (χ1v) is 8.57. The average molecular weight is 304 g/mol. The zero-order chi connectivity index (χ0) is 15.4. The van der Waals surface area contributed by atoms with E-state index in [1.54, 1.807) is 7.11 Å². The van der Waals surface area contributed by atoms with Gasteiger partial charge in [0, 0.05) is 19.1 Å². The highest BCUT2D eigenvalue weighted by Gasteiger charge is 2.22. The van der Waals surface area contributed by atoms with E-state index in [1.807, 2.05) is 6.07 Å². The fraction of sp³-hybridized carbons (Fsp3) is 0.667. The summed E-state index contributed by atoms with van der Waals surface area (Å²) in [4.78, 5) is 2.37. The summed E-state index contributed by atoms with van der Waals surface area (Å²) < 4.78 is 5.32. The number of benzene rings is 1. The maximum absolute atomic E-state index is 10.2.